The maximum atomic E-state index is 2.49. The topological polar surface area (TPSA) is 6.25 Å². The Morgan fingerprint density at radius 2 is 1.29 bits per heavy atom. The van der Waals surface area contributed by atoms with Gasteiger partial charge in [0.25, 0.3) is 0 Å². The van der Waals surface area contributed by atoms with E-state index in [1.165, 1.54) is 101 Å². The van der Waals surface area contributed by atoms with Crippen LogP contribution in [0.25, 0.3) is 0 Å². The maximum absolute atomic E-state index is 2.49. The smallest absolute Gasteiger partial charge is 0.185 e. The van der Waals surface area contributed by atoms with Gasteiger partial charge in [-0.15, -0.1) is 0 Å². The molecule has 174 valence electrons. The summed E-state index contributed by atoms with van der Waals surface area (Å²) in [7, 11) is 4.57. The summed E-state index contributed by atoms with van der Waals surface area (Å²) in [6.45, 7) is 8.00. The van der Waals surface area contributed by atoms with Gasteiger partial charge in [-0.25, -0.2) is 4.58 Å². The summed E-state index contributed by atoms with van der Waals surface area (Å²) in [4.78, 5) is 2.49. The Morgan fingerprint density at radius 3 is 1.97 bits per heavy atom. The highest BCUT2D eigenvalue weighted by Gasteiger charge is 2.28. The van der Waals surface area contributed by atoms with Gasteiger partial charge < -0.3 is 4.90 Å². The first kappa shape index (κ1) is 25.7. The summed E-state index contributed by atoms with van der Waals surface area (Å²) < 4.78 is 2.49. The van der Waals surface area contributed by atoms with E-state index in [4.69, 9.17) is 0 Å². The van der Waals surface area contributed by atoms with E-state index < -0.39 is 0 Å². The largest absolute Gasteiger partial charge is 0.351 e. The quantitative estimate of drug-likeness (QED) is 0.402. The van der Waals surface area contributed by atoms with E-state index in [-0.39, 0.29) is 0 Å². The molecule has 0 saturated heterocycles. The van der Waals surface area contributed by atoms with E-state index in [1.807, 2.05) is 27.7 Å². The first-order valence-corrected chi connectivity index (χ1v) is 13.4. The Balaban J connectivity index is 0.000000807. The van der Waals surface area contributed by atoms with Gasteiger partial charge in [0.1, 0.15) is 7.05 Å². The lowest BCUT2D eigenvalue weighted by molar-refractivity contribution is -0.443. The Labute approximate surface area is 193 Å². The predicted molar refractivity (Wildman–Crippen MR) is 138 cm³/mol. The van der Waals surface area contributed by atoms with E-state index in [2.05, 4.69) is 41.8 Å². The fourth-order valence-corrected chi connectivity index (χ4v) is 5.43. The van der Waals surface area contributed by atoms with Gasteiger partial charge in [-0.05, 0) is 56.6 Å². The second-order valence-corrected chi connectivity index (χ2v) is 8.91. The molecule has 0 fully saturated rings. The number of rotatable bonds is 2. The van der Waals surface area contributed by atoms with Crippen LogP contribution in [0.4, 0.5) is 0 Å². The van der Waals surface area contributed by atoms with E-state index in [1.54, 1.807) is 22.5 Å². The van der Waals surface area contributed by atoms with Crippen molar-refractivity contribution in [2.24, 2.45) is 0 Å². The van der Waals surface area contributed by atoms with Gasteiger partial charge in [0.05, 0.1) is 6.42 Å². The Kier molecular flexibility index (Phi) is 11.4. The van der Waals surface area contributed by atoms with Crippen molar-refractivity contribution in [1.29, 1.82) is 0 Å². The standard InChI is InChI=1S/C25H37N2.2C2H6/c1-26-22(18-20-12-7-3-5-9-16-24(20)26)14-11-15-23-19-21-13-8-4-6-10-17-25(21)27(23)2;2*1-2/h11,14-15H,3-10,12-13,16-19H2,1-2H3;2*1-2H3/q+1;;. The zero-order valence-electron chi connectivity index (χ0n) is 21.5. The van der Waals surface area contributed by atoms with Gasteiger partial charge >= 0.3 is 0 Å². The molecule has 0 atom stereocenters. The number of hydrogen-bond acceptors (Lipinski definition) is 1. The highest BCUT2D eigenvalue weighted by atomic mass is 15.1. The summed E-state index contributed by atoms with van der Waals surface area (Å²) in [5.41, 5.74) is 9.67. The highest BCUT2D eigenvalue weighted by Crippen LogP contribution is 2.37. The molecule has 0 bridgehead atoms. The average Bonchev–Trinajstić information content (AvgIpc) is 3.21. The third-order valence-corrected chi connectivity index (χ3v) is 7.14. The van der Waals surface area contributed by atoms with Crippen LogP contribution in [0, 0.1) is 0 Å². The summed E-state index contributed by atoms with van der Waals surface area (Å²) in [5.74, 6) is 0. The molecule has 2 heterocycles. The van der Waals surface area contributed by atoms with Gasteiger partial charge in [0.15, 0.2) is 11.4 Å². The number of nitrogens with zero attached hydrogens (tertiary/aromatic N) is 2. The fraction of sp³-hybridized carbons (Fsp3) is 0.690. The molecule has 4 aliphatic rings. The van der Waals surface area contributed by atoms with Crippen LogP contribution in [0.15, 0.2) is 46.5 Å². The lowest BCUT2D eigenvalue weighted by Gasteiger charge is -2.20. The van der Waals surface area contributed by atoms with Crippen molar-refractivity contribution in [3.05, 3.63) is 46.5 Å². The Morgan fingerprint density at radius 1 is 0.710 bits per heavy atom. The van der Waals surface area contributed by atoms with Gasteiger partial charge in [-0.3, -0.25) is 0 Å². The molecule has 0 aromatic rings. The van der Waals surface area contributed by atoms with Crippen molar-refractivity contribution in [2.75, 3.05) is 14.1 Å². The molecule has 0 N–H and O–H groups in total. The molecule has 2 heteroatoms. The molecular formula is C29H49N2+. The summed E-state index contributed by atoms with van der Waals surface area (Å²) in [6, 6.07) is 0. The Bertz CT molecular complexity index is 730. The van der Waals surface area contributed by atoms with E-state index in [0.717, 1.165) is 0 Å². The minimum atomic E-state index is 1.18. The molecule has 0 aromatic heterocycles. The zero-order valence-corrected chi connectivity index (χ0v) is 21.5. The van der Waals surface area contributed by atoms with Crippen LogP contribution >= 0.6 is 0 Å². The molecule has 0 radical (unpaired) electrons. The third-order valence-electron chi connectivity index (χ3n) is 7.14. The van der Waals surface area contributed by atoms with Crippen LogP contribution in [0.1, 0.15) is 118 Å². The van der Waals surface area contributed by atoms with Crippen LogP contribution in [0.5, 0.6) is 0 Å². The van der Waals surface area contributed by atoms with Crippen molar-refractivity contribution in [2.45, 2.75) is 118 Å². The van der Waals surface area contributed by atoms with Crippen LogP contribution in [-0.2, 0) is 0 Å². The minimum absolute atomic E-state index is 1.18. The van der Waals surface area contributed by atoms with Crippen LogP contribution in [0.2, 0.25) is 0 Å². The molecule has 2 aliphatic heterocycles. The number of allylic oxidation sites excluding steroid dienone is 7. The zero-order chi connectivity index (χ0) is 22.6. The molecule has 0 aromatic carbocycles. The SMILES string of the molecule is CC.CC.CN1C(=CC=CC2=[N+](C)C3=C(CCCCCC3)C2)CC2=C1CCCCCC2. The molecule has 31 heavy (non-hydrogen) atoms. The molecular weight excluding hydrogens is 376 g/mol. The summed E-state index contributed by atoms with van der Waals surface area (Å²) in [6.07, 6.45) is 25.8. The second-order valence-electron chi connectivity index (χ2n) is 8.91. The lowest BCUT2D eigenvalue weighted by atomic mass is 9.96. The van der Waals surface area contributed by atoms with Crippen LogP contribution < -0.4 is 0 Å². The van der Waals surface area contributed by atoms with Crippen LogP contribution in [0.3, 0.4) is 0 Å². The summed E-state index contributed by atoms with van der Waals surface area (Å²) >= 11 is 0. The normalized spacial score (nSPS) is 23.4. The predicted octanol–water partition coefficient (Wildman–Crippen LogP) is 8.52. The molecule has 0 saturated carbocycles. The molecule has 0 amide bonds. The van der Waals surface area contributed by atoms with Gasteiger partial charge in [0, 0.05) is 42.9 Å². The maximum Gasteiger partial charge on any atom is 0.185 e. The second kappa shape index (κ2) is 13.8. The summed E-state index contributed by atoms with van der Waals surface area (Å²) in [5, 5.41) is 0. The third kappa shape index (κ3) is 6.70. The van der Waals surface area contributed by atoms with Gasteiger partial charge in [-0.1, -0.05) is 59.5 Å². The fourth-order valence-electron chi connectivity index (χ4n) is 5.43. The van der Waals surface area contributed by atoms with Crippen molar-refractivity contribution in [1.82, 2.24) is 4.90 Å². The minimum Gasteiger partial charge on any atom is -0.351 e. The Hall–Kier alpha value is -1.57. The molecule has 4 rings (SSSR count). The highest BCUT2D eigenvalue weighted by molar-refractivity contribution is 5.94. The van der Waals surface area contributed by atoms with E-state index >= 15 is 0 Å². The monoisotopic (exact) mass is 425 g/mol. The van der Waals surface area contributed by atoms with Crippen LogP contribution in [-0.4, -0.2) is 29.3 Å². The average molecular weight is 426 g/mol. The van der Waals surface area contributed by atoms with Crippen molar-refractivity contribution in [3.63, 3.8) is 0 Å². The van der Waals surface area contributed by atoms with Crippen molar-refractivity contribution < 1.29 is 4.58 Å². The van der Waals surface area contributed by atoms with Gasteiger partial charge in [0.2, 0.25) is 0 Å². The van der Waals surface area contributed by atoms with Crippen molar-refractivity contribution >= 4 is 5.71 Å². The van der Waals surface area contributed by atoms with Crippen molar-refractivity contribution in [3.8, 4) is 0 Å². The molecule has 2 nitrogen and oxygen atoms in total. The number of hydrogen-bond donors (Lipinski definition) is 0. The molecule has 0 spiro atoms. The van der Waals surface area contributed by atoms with Gasteiger partial charge in [-0.2, -0.15) is 0 Å². The van der Waals surface area contributed by atoms with E-state index in [0.29, 0.717) is 0 Å². The first-order chi connectivity index (χ1) is 15.2. The van der Waals surface area contributed by atoms with E-state index in [9.17, 15) is 0 Å². The first-order valence-electron chi connectivity index (χ1n) is 13.4. The molecule has 0 unspecified atom stereocenters. The lowest BCUT2D eigenvalue weighted by Crippen LogP contribution is -2.12. The molecule has 2 aliphatic carbocycles.